The van der Waals surface area contributed by atoms with Gasteiger partial charge in [-0.3, -0.25) is 5.41 Å². The maximum absolute atomic E-state index is 8.49. The maximum Gasteiger partial charge on any atom is 0.0718 e. The fourth-order valence-corrected chi connectivity index (χ4v) is 3.06. The lowest BCUT2D eigenvalue weighted by molar-refractivity contribution is 1.49. The molecule has 0 amide bonds. The van der Waals surface area contributed by atoms with E-state index in [2.05, 4.69) is 18.2 Å². The van der Waals surface area contributed by atoms with Crippen LogP contribution >= 0.6 is 12.4 Å². The summed E-state index contributed by atoms with van der Waals surface area (Å²) in [6.45, 7) is 0. The highest BCUT2D eigenvalue weighted by molar-refractivity contribution is 6.41. The fourth-order valence-electron chi connectivity index (χ4n) is 3.06. The summed E-state index contributed by atoms with van der Waals surface area (Å²) in [6.07, 6.45) is 0. The van der Waals surface area contributed by atoms with Crippen molar-refractivity contribution in [2.24, 2.45) is 5.73 Å². The van der Waals surface area contributed by atoms with Crippen molar-refractivity contribution in [1.29, 1.82) is 5.41 Å². The number of halogens is 1. The van der Waals surface area contributed by atoms with Gasteiger partial charge in [0.15, 0.2) is 0 Å². The molecule has 0 saturated carbocycles. The van der Waals surface area contributed by atoms with E-state index < -0.39 is 0 Å². The van der Waals surface area contributed by atoms with Gasteiger partial charge < -0.3 is 5.73 Å². The molecule has 0 fully saturated rings. The van der Waals surface area contributed by atoms with E-state index in [1.807, 2.05) is 48.5 Å². The van der Waals surface area contributed by atoms with E-state index in [0.29, 0.717) is 11.4 Å². The molecule has 4 rings (SSSR count). The Morgan fingerprint density at radius 1 is 0.682 bits per heavy atom. The zero-order chi connectivity index (χ0) is 14.4. The number of nitrogens with one attached hydrogen (secondary N) is 1. The Kier molecular flexibility index (Phi) is 3.47. The average Bonchev–Trinajstić information content (AvgIpc) is 2.79. The topological polar surface area (TPSA) is 49.9 Å². The lowest BCUT2D eigenvalue weighted by atomic mass is 9.95. The minimum atomic E-state index is 0. The van der Waals surface area contributed by atoms with Crippen LogP contribution in [-0.4, -0.2) is 5.71 Å². The highest BCUT2D eigenvalue weighted by Crippen LogP contribution is 2.37. The second-order valence-electron chi connectivity index (χ2n) is 5.24. The smallest absolute Gasteiger partial charge is 0.0718 e. The van der Waals surface area contributed by atoms with Crippen LogP contribution in [0.25, 0.3) is 22.0 Å². The lowest BCUT2D eigenvalue weighted by Gasteiger charge is -2.09. The van der Waals surface area contributed by atoms with E-state index in [-0.39, 0.29) is 12.4 Å². The van der Waals surface area contributed by atoms with Gasteiger partial charge in [-0.15, -0.1) is 12.4 Å². The summed E-state index contributed by atoms with van der Waals surface area (Å²) >= 11 is 0. The number of nitrogens with two attached hydrogens (primary N) is 1. The van der Waals surface area contributed by atoms with Crippen molar-refractivity contribution in [3.8, 4) is 0 Å². The molecule has 0 spiro atoms. The van der Waals surface area contributed by atoms with Crippen LogP contribution in [0, 0.1) is 5.41 Å². The van der Waals surface area contributed by atoms with Gasteiger partial charge in [0.25, 0.3) is 0 Å². The Labute approximate surface area is 135 Å². The summed E-state index contributed by atoms with van der Waals surface area (Å²) in [7, 11) is 0. The summed E-state index contributed by atoms with van der Waals surface area (Å²) in [5, 5.41) is 10.8. The molecule has 3 N–H and O–H groups in total. The third-order valence-electron chi connectivity index (χ3n) is 4.06. The van der Waals surface area contributed by atoms with Gasteiger partial charge in [0.2, 0.25) is 0 Å². The third-order valence-corrected chi connectivity index (χ3v) is 4.06. The second kappa shape index (κ2) is 5.32. The van der Waals surface area contributed by atoms with Crippen molar-refractivity contribution >= 4 is 40.2 Å². The summed E-state index contributed by atoms with van der Waals surface area (Å²) in [6, 6.07) is 22.2. The predicted octanol–water partition coefficient (Wildman–Crippen LogP) is 4.47. The standard InChI is InChI=1S/C19H14N2.ClH/c20-18-15-9-3-4-10-16(15)19(21)17(18)14-11-5-7-12-6-1-2-8-13(12)14;/h1-11,20H,21H2;1H. The fraction of sp³-hybridized carbons (Fsp3) is 0. The SMILES string of the molecule is Cl.N=C1C(c2cccc3ccccc23)=C(N)c2ccccc21. The highest BCUT2D eigenvalue weighted by Gasteiger charge is 2.26. The van der Waals surface area contributed by atoms with Crippen molar-refractivity contribution in [3.05, 3.63) is 83.4 Å². The van der Waals surface area contributed by atoms with Crippen molar-refractivity contribution in [2.45, 2.75) is 0 Å². The van der Waals surface area contributed by atoms with E-state index in [4.69, 9.17) is 11.1 Å². The van der Waals surface area contributed by atoms with Crippen molar-refractivity contribution in [1.82, 2.24) is 0 Å². The Balaban J connectivity index is 0.00000144. The lowest BCUT2D eigenvalue weighted by Crippen LogP contribution is -2.00. The molecule has 2 nitrogen and oxygen atoms in total. The number of allylic oxidation sites excluding steroid dienone is 1. The van der Waals surface area contributed by atoms with Crippen LogP contribution in [0.15, 0.2) is 66.7 Å². The number of fused-ring (bicyclic) bond motifs is 2. The van der Waals surface area contributed by atoms with E-state index in [9.17, 15) is 0 Å². The number of hydrogen-bond donors (Lipinski definition) is 2. The highest BCUT2D eigenvalue weighted by atomic mass is 35.5. The molecule has 3 heteroatoms. The van der Waals surface area contributed by atoms with Gasteiger partial charge in [0, 0.05) is 22.4 Å². The summed E-state index contributed by atoms with van der Waals surface area (Å²) in [5.74, 6) is 0. The molecule has 22 heavy (non-hydrogen) atoms. The van der Waals surface area contributed by atoms with E-state index in [1.54, 1.807) is 0 Å². The molecule has 0 aromatic heterocycles. The molecular formula is C19H15ClN2. The second-order valence-corrected chi connectivity index (χ2v) is 5.24. The molecule has 3 aromatic rings. The minimum Gasteiger partial charge on any atom is -0.398 e. The van der Waals surface area contributed by atoms with Crippen LogP contribution in [-0.2, 0) is 0 Å². The third kappa shape index (κ3) is 1.92. The molecule has 0 radical (unpaired) electrons. The van der Waals surface area contributed by atoms with Crippen LogP contribution in [0.5, 0.6) is 0 Å². The minimum absolute atomic E-state index is 0. The first kappa shape index (κ1) is 14.4. The molecule has 108 valence electrons. The number of benzene rings is 3. The van der Waals surface area contributed by atoms with E-state index in [0.717, 1.165) is 27.6 Å². The van der Waals surface area contributed by atoms with Crippen molar-refractivity contribution < 1.29 is 0 Å². The van der Waals surface area contributed by atoms with Gasteiger partial charge in [0.1, 0.15) is 0 Å². The number of rotatable bonds is 1. The number of hydrogen-bond acceptors (Lipinski definition) is 2. The van der Waals surface area contributed by atoms with Crippen LogP contribution in [0.2, 0.25) is 0 Å². The van der Waals surface area contributed by atoms with E-state index >= 15 is 0 Å². The van der Waals surface area contributed by atoms with Gasteiger partial charge in [-0.25, -0.2) is 0 Å². The molecule has 3 aromatic carbocycles. The van der Waals surface area contributed by atoms with E-state index in [1.165, 1.54) is 5.39 Å². The first-order valence-electron chi connectivity index (χ1n) is 6.94. The van der Waals surface area contributed by atoms with Gasteiger partial charge in [-0.2, -0.15) is 0 Å². The Morgan fingerprint density at radius 3 is 2.05 bits per heavy atom. The van der Waals surface area contributed by atoms with Crippen LogP contribution in [0.1, 0.15) is 16.7 Å². The predicted molar refractivity (Wildman–Crippen MR) is 95.5 cm³/mol. The zero-order valence-corrected chi connectivity index (χ0v) is 12.7. The first-order valence-corrected chi connectivity index (χ1v) is 6.94. The van der Waals surface area contributed by atoms with Crippen molar-refractivity contribution in [2.75, 3.05) is 0 Å². The Hall–Kier alpha value is -2.58. The molecule has 0 unspecified atom stereocenters. The van der Waals surface area contributed by atoms with Gasteiger partial charge in [-0.05, 0) is 16.3 Å². The first-order chi connectivity index (χ1) is 10.3. The molecule has 0 atom stereocenters. The Bertz CT molecular complexity index is 920. The molecule has 0 heterocycles. The molecule has 1 aliphatic rings. The molecule has 0 bridgehead atoms. The monoisotopic (exact) mass is 306 g/mol. The molecule has 0 aliphatic heterocycles. The van der Waals surface area contributed by atoms with Crippen LogP contribution in [0.4, 0.5) is 0 Å². The van der Waals surface area contributed by atoms with Gasteiger partial charge >= 0.3 is 0 Å². The quantitative estimate of drug-likeness (QED) is 0.684. The molecule has 1 aliphatic carbocycles. The van der Waals surface area contributed by atoms with Crippen LogP contribution in [0.3, 0.4) is 0 Å². The average molecular weight is 307 g/mol. The van der Waals surface area contributed by atoms with Crippen molar-refractivity contribution in [3.63, 3.8) is 0 Å². The van der Waals surface area contributed by atoms with Crippen LogP contribution < -0.4 is 5.73 Å². The summed E-state index contributed by atoms with van der Waals surface area (Å²) in [4.78, 5) is 0. The summed E-state index contributed by atoms with van der Waals surface area (Å²) in [5.41, 5.74) is 11.3. The largest absolute Gasteiger partial charge is 0.398 e. The Morgan fingerprint density at radius 2 is 1.27 bits per heavy atom. The van der Waals surface area contributed by atoms with Gasteiger partial charge in [-0.1, -0.05) is 66.7 Å². The maximum atomic E-state index is 8.49. The molecule has 0 saturated heterocycles. The normalized spacial score (nSPS) is 13.2. The summed E-state index contributed by atoms with van der Waals surface area (Å²) < 4.78 is 0. The zero-order valence-electron chi connectivity index (χ0n) is 11.8. The van der Waals surface area contributed by atoms with Gasteiger partial charge in [0.05, 0.1) is 5.71 Å². The molecular weight excluding hydrogens is 292 g/mol.